The molecule has 1 aromatic carbocycles. The summed E-state index contributed by atoms with van der Waals surface area (Å²) in [5.74, 6) is 0.385. The van der Waals surface area contributed by atoms with Gasteiger partial charge in [-0.2, -0.15) is 0 Å². The first-order chi connectivity index (χ1) is 9.72. The van der Waals surface area contributed by atoms with Crippen molar-refractivity contribution >= 4 is 5.91 Å². The second kappa shape index (κ2) is 7.23. The Morgan fingerprint density at radius 3 is 3.10 bits per heavy atom. The molecule has 2 atom stereocenters. The summed E-state index contributed by atoms with van der Waals surface area (Å²) >= 11 is 0. The minimum atomic E-state index is -0.813. The van der Waals surface area contributed by atoms with Gasteiger partial charge in [0.05, 0.1) is 19.8 Å². The maximum atomic E-state index is 11.9. The molecule has 1 aliphatic heterocycles. The van der Waals surface area contributed by atoms with Crippen LogP contribution < -0.4 is 15.4 Å². The molecule has 20 heavy (non-hydrogen) atoms. The molecule has 0 saturated carbocycles. The predicted molar refractivity (Wildman–Crippen MR) is 73.6 cm³/mol. The summed E-state index contributed by atoms with van der Waals surface area (Å²) in [7, 11) is 1.55. The van der Waals surface area contributed by atoms with E-state index >= 15 is 0 Å². The summed E-state index contributed by atoms with van der Waals surface area (Å²) in [4.78, 5) is 11.9. The molecule has 0 bridgehead atoms. The number of morpholine rings is 1. The lowest BCUT2D eigenvalue weighted by Crippen LogP contribution is -2.48. The van der Waals surface area contributed by atoms with E-state index in [1.807, 2.05) is 12.1 Å². The van der Waals surface area contributed by atoms with E-state index in [2.05, 4.69) is 10.6 Å². The van der Waals surface area contributed by atoms with Crippen LogP contribution >= 0.6 is 0 Å². The minimum Gasteiger partial charge on any atom is -0.496 e. The minimum absolute atomic E-state index is 0.124. The van der Waals surface area contributed by atoms with Crippen LogP contribution in [0.3, 0.4) is 0 Å². The van der Waals surface area contributed by atoms with Crippen LogP contribution in [0.25, 0.3) is 0 Å². The van der Waals surface area contributed by atoms with Gasteiger partial charge in [0, 0.05) is 25.2 Å². The lowest BCUT2D eigenvalue weighted by Gasteiger charge is -2.23. The number of carbonyl (C=O) groups is 1. The normalized spacial score (nSPS) is 20.2. The van der Waals surface area contributed by atoms with Crippen molar-refractivity contribution in [2.24, 2.45) is 0 Å². The van der Waals surface area contributed by atoms with Crippen molar-refractivity contribution in [2.75, 3.05) is 33.4 Å². The van der Waals surface area contributed by atoms with Crippen LogP contribution in [0, 0.1) is 0 Å². The van der Waals surface area contributed by atoms with Crippen molar-refractivity contribution in [3.8, 4) is 5.75 Å². The van der Waals surface area contributed by atoms with E-state index < -0.39 is 12.2 Å². The molecule has 1 heterocycles. The topological polar surface area (TPSA) is 79.8 Å². The maximum absolute atomic E-state index is 11.9. The summed E-state index contributed by atoms with van der Waals surface area (Å²) < 4.78 is 10.5. The molecule has 6 heteroatoms. The molecule has 1 aromatic rings. The molecule has 0 aromatic heterocycles. The lowest BCUT2D eigenvalue weighted by atomic mass is 10.1. The fraction of sp³-hybridized carbons (Fsp3) is 0.500. The van der Waals surface area contributed by atoms with Crippen LogP contribution in [0.15, 0.2) is 24.3 Å². The SMILES string of the molecule is COc1ccccc1C(O)CNC(=O)C1CNCCO1. The molecule has 1 saturated heterocycles. The molecule has 2 rings (SSSR count). The third-order valence-corrected chi connectivity index (χ3v) is 3.19. The smallest absolute Gasteiger partial charge is 0.250 e. The molecule has 1 amide bonds. The summed E-state index contributed by atoms with van der Waals surface area (Å²) in [6, 6.07) is 7.19. The van der Waals surface area contributed by atoms with Gasteiger partial charge in [0.25, 0.3) is 5.91 Å². The zero-order valence-corrected chi connectivity index (χ0v) is 11.5. The summed E-state index contributed by atoms with van der Waals surface area (Å²) in [6.45, 7) is 1.90. The number of aliphatic hydroxyl groups is 1. The van der Waals surface area contributed by atoms with Crippen molar-refractivity contribution in [1.82, 2.24) is 10.6 Å². The van der Waals surface area contributed by atoms with Crippen molar-refractivity contribution in [2.45, 2.75) is 12.2 Å². The van der Waals surface area contributed by atoms with E-state index in [0.717, 1.165) is 6.54 Å². The molecule has 6 nitrogen and oxygen atoms in total. The highest BCUT2D eigenvalue weighted by atomic mass is 16.5. The largest absolute Gasteiger partial charge is 0.496 e. The fourth-order valence-corrected chi connectivity index (χ4v) is 2.10. The number of amides is 1. The van der Waals surface area contributed by atoms with E-state index in [1.165, 1.54) is 0 Å². The average Bonchev–Trinajstić information content (AvgIpc) is 2.53. The third kappa shape index (κ3) is 3.69. The Balaban J connectivity index is 1.88. The number of nitrogens with one attached hydrogen (secondary N) is 2. The summed E-state index contributed by atoms with van der Waals surface area (Å²) in [5.41, 5.74) is 0.651. The van der Waals surface area contributed by atoms with Gasteiger partial charge >= 0.3 is 0 Å². The molecular weight excluding hydrogens is 260 g/mol. The Hall–Kier alpha value is -1.63. The number of hydrogen-bond donors (Lipinski definition) is 3. The third-order valence-electron chi connectivity index (χ3n) is 3.19. The van der Waals surface area contributed by atoms with Crippen molar-refractivity contribution < 1.29 is 19.4 Å². The van der Waals surface area contributed by atoms with Crippen LogP contribution in [0.5, 0.6) is 5.75 Å². The Kier molecular flexibility index (Phi) is 5.34. The first kappa shape index (κ1) is 14.8. The number of rotatable bonds is 5. The van der Waals surface area contributed by atoms with Crippen LogP contribution in [0.2, 0.25) is 0 Å². The number of carbonyl (C=O) groups excluding carboxylic acids is 1. The highest BCUT2D eigenvalue weighted by Crippen LogP contribution is 2.23. The van der Waals surface area contributed by atoms with Gasteiger partial charge in [-0.15, -0.1) is 0 Å². The molecule has 110 valence electrons. The van der Waals surface area contributed by atoms with E-state index in [9.17, 15) is 9.90 Å². The van der Waals surface area contributed by atoms with Gasteiger partial charge in [0.1, 0.15) is 11.9 Å². The zero-order chi connectivity index (χ0) is 14.4. The first-order valence-corrected chi connectivity index (χ1v) is 6.63. The maximum Gasteiger partial charge on any atom is 0.250 e. The Morgan fingerprint density at radius 2 is 2.40 bits per heavy atom. The quantitative estimate of drug-likeness (QED) is 0.698. The summed E-state index contributed by atoms with van der Waals surface area (Å²) in [6.07, 6.45) is -1.31. The molecule has 1 fully saturated rings. The Morgan fingerprint density at radius 1 is 1.60 bits per heavy atom. The van der Waals surface area contributed by atoms with Crippen molar-refractivity contribution in [3.05, 3.63) is 29.8 Å². The number of benzene rings is 1. The molecular formula is C14H20N2O4. The standard InChI is InChI=1S/C14H20N2O4/c1-19-12-5-3-2-4-10(12)11(17)8-16-14(18)13-9-15-6-7-20-13/h2-5,11,13,15,17H,6-9H2,1H3,(H,16,18). The zero-order valence-electron chi connectivity index (χ0n) is 11.5. The van der Waals surface area contributed by atoms with E-state index in [4.69, 9.17) is 9.47 Å². The van der Waals surface area contributed by atoms with Crippen LogP contribution in [-0.4, -0.2) is 50.5 Å². The average molecular weight is 280 g/mol. The molecule has 0 aliphatic carbocycles. The van der Waals surface area contributed by atoms with Gasteiger partial charge in [-0.1, -0.05) is 18.2 Å². The van der Waals surface area contributed by atoms with Gasteiger partial charge in [0.15, 0.2) is 0 Å². The second-order valence-electron chi connectivity index (χ2n) is 4.57. The van der Waals surface area contributed by atoms with Crippen molar-refractivity contribution in [1.29, 1.82) is 0 Å². The highest BCUT2D eigenvalue weighted by molar-refractivity contribution is 5.81. The Bertz CT molecular complexity index is 447. The second-order valence-corrected chi connectivity index (χ2v) is 4.57. The van der Waals surface area contributed by atoms with Gasteiger partial charge in [-0.3, -0.25) is 4.79 Å². The van der Waals surface area contributed by atoms with Gasteiger partial charge in [0.2, 0.25) is 0 Å². The molecule has 1 aliphatic rings. The highest BCUT2D eigenvalue weighted by Gasteiger charge is 2.22. The molecule has 3 N–H and O–H groups in total. The first-order valence-electron chi connectivity index (χ1n) is 6.63. The number of hydrogen-bond acceptors (Lipinski definition) is 5. The van der Waals surface area contributed by atoms with Gasteiger partial charge < -0.3 is 25.2 Å². The van der Waals surface area contributed by atoms with Gasteiger partial charge in [-0.25, -0.2) is 0 Å². The number of ether oxygens (including phenoxy) is 2. The van der Waals surface area contributed by atoms with E-state index in [0.29, 0.717) is 24.5 Å². The molecule has 2 unspecified atom stereocenters. The fourth-order valence-electron chi connectivity index (χ4n) is 2.10. The van der Waals surface area contributed by atoms with Crippen LogP contribution in [-0.2, 0) is 9.53 Å². The van der Waals surface area contributed by atoms with Gasteiger partial charge in [-0.05, 0) is 6.07 Å². The van der Waals surface area contributed by atoms with E-state index in [-0.39, 0.29) is 12.5 Å². The monoisotopic (exact) mass is 280 g/mol. The summed E-state index contributed by atoms with van der Waals surface area (Å²) in [5, 5.41) is 15.9. The Labute approximate surface area is 118 Å². The number of para-hydroxylation sites is 1. The number of aliphatic hydroxyl groups excluding tert-OH is 1. The number of methoxy groups -OCH3 is 1. The predicted octanol–water partition coefficient (Wildman–Crippen LogP) is -0.167. The molecule has 0 spiro atoms. The van der Waals surface area contributed by atoms with E-state index in [1.54, 1.807) is 19.2 Å². The van der Waals surface area contributed by atoms with Crippen molar-refractivity contribution in [3.63, 3.8) is 0 Å². The van der Waals surface area contributed by atoms with Crippen LogP contribution in [0.4, 0.5) is 0 Å². The lowest BCUT2D eigenvalue weighted by molar-refractivity contribution is -0.134. The molecule has 0 radical (unpaired) electrons. The van der Waals surface area contributed by atoms with Crippen LogP contribution in [0.1, 0.15) is 11.7 Å².